The molecular formula is C25H24F2N2O2. The lowest BCUT2D eigenvalue weighted by atomic mass is 9.76. The molecule has 0 radical (unpaired) electrons. The van der Waals surface area contributed by atoms with Crippen molar-refractivity contribution < 1.29 is 18.3 Å². The monoisotopic (exact) mass is 422 g/mol. The van der Waals surface area contributed by atoms with Crippen LogP contribution < -0.4 is 10.1 Å². The van der Waals surface area contributed by atoms with Gasteiger partial charge in [-0.05, 0) is 53.9 Å². The molecule has 1 N–H and O–H groups in total. The Kier molecular flexibility index (Phi) is 6.00. The zero-order chi connectivity index (χ0) is 21.8. The number of carbonyl (C=O) groups excluding carboxylic acids is 1. The summed E-state index contributed by atoms with van der Waals surface area (Å²) in [4.78, 5) is 14.8. The van der Waals surface area contributed by atoms with Crippen molar-refractivity contribution in [2.45, 2.75) is 17.9 Å². The molecule has 3 aromatic carbocycles. The number of nitrogens with zero attached hydrogens (tertiary/aromatic N) is 1. The van der Waals surface area contributed by atoms with Crippen molar-refractivity contribution in [3.63, 3.8) is 0 Å². The standard InChI is InChI=1S/C25H24F2N2O2/c1-29(24(30)31-22-13-11-21(27)12-14-22)25(15-18-5-3-2-4-6-18)17-28-16-23(25)19-7-9-20(26)10-8-19/h2-14,23,28H,15-17H2,1H3/t23-,25+/m1/s1. The second kappa shape index (κ2) is 8.86. The number of amides is 1. The SMILES string of the molecule is CN(C(=O)Oc1ccc(F)cc1)[C@@]1(Cc2ccccc2)CNC[C@@H]1c1ccc(F)cc1. The predicted octanol–water partition coefficient (Wildman–Crippen LogP) is 4.76. The van der Waals surface area contributed by atoms with Gasteiger partial charge in [-0.1, -0.05) is 42.5 Å². The molecule has 0 bridgehead atoms. The summed E-state index contributed by atoms with van der Waals surface area (Å²) >= 11 is 0. The smallest absolute Gasteiger partial charge is 0.410 e. The predicted molar refractivity (Wildman–Crippen MR) is 115 cm³/mol. The fourth-order valence-electron chi connectivity index (χ4n) is 4.33. The molecule has 4 rings (SSSR count). The lowest BCUT2D eigenvalue weighted by Crippen LogP contribution is -2.56. The Morgan fingerprint density at radius 3 is 2.26 bits per heavy atom. The molecule has 2 atom stereocenters. The Balaban J connectivity index is 1.68. The number of hydrogen-bond acceptors (Lipinski definition) is 3. The number of rotatable bonds is 5. The summed E-state index contributed by atoms with van der Waals surface area (Å²) in [5, 5.41) is 3.41. The molecule has 4 nitrogen and oxygen atoms in total. The van der Waals surface area contributed by atoms with Gasteiger partial charge in [-0.25, -0.2) is 13.6 Å². The lowest BCUT2D eigenvalue weighted by Gasteiger charge is -2.42. The summed E-state index contributed by atoms with van der Waals surface area (Å²) in [7, 11) is 1.72. The van der Waals surface area contributed by atoms with Crippen molar-refractivity contribution in [3.05, 3.63) is 102 Å². The van der Waals surface area contributed by atoms with E-state index < -0.39 is 17.4 Å². The fourth-order valence-corrected chi connectivity index (χ4v) is 4.33. The molecule has 1 aliphatic heterocycles. The van der Waals surface area contributed by atoms with Crippen LogP contribution in [-0.4, -0.2) is 36.7 Å². The van der Waals surface area contributed by atoms with Crippen LogP contribution in [0.3, 0.4) is 0 Å². The molecule has 1 amide bonds. The normalized spacial score (nSPS) is 20.4. The van der Waals surface area contributed by atoms with Crippen LogP contribution in [-0.2, 0) is 6.42 Å². The van der Waals surface area contributed by atoms with E-state index in [1.54, 1.807) is 24.1 Å². The zero-order valence-corrected chi connectivity index (χ0v) is 17.2. The van der Waals surface area contributed by atoms with Crippen LogP contribution in [0.5, 0.6) is 5.75 Å². The molecule has 0 saturated carbocycles. The molecule has 3 aromatic rings. The molecule has 0 aromatic heterocycles. The van der Waals surface area contributed by atoms with Crippen molar-refractivity contribution in [3.8, 4) is 5.75 Å². The largest absolute Gasteiger partial charge is 0.415 e. The number of benzene rings is 3. The van der Waals surface area contributed by atoms with Gasteiger partial charge >= 0.3 is 6.09 Å². The van der Waals surface area contributed by atoms with Crippen molar-refractivity contribution in [2.24, 2.45) is 0 Å². The van der Waals surface area contributed by atoms with Gasteiger partial charge in [0.2, 0.25) is 0 Å². The first kappa shape index (κ1) is 21.0. The summed E-state index contributed by atoms with van der Waals surface area (Å²) in [6, 6.07) is 21.7. The number of carbonyl (C=O) groups is 1. The summed E-state index contributed by atoms with van der Waals surface area (Å²) in [6.07, 6.45) is 0.0658. The summed E-state index contributed by atoms with van der Waals surface area (Å²) < 4.78 is 32.3. The summed E-state index contributed by atoms with van der Waals surface area (Å²) in [6.45, 7) is 1.20. The highest BCUT2D eigenvalue weighted by Crippen LogP contribution is 2.39. The molecular weight excluding hydrogens is 398 g/mol. The van der Waals surface area contributed by atoms with Crippen LogP contribution in [0, 0.1) is 11.6 Å². The molecule has 1 aliphatic rings. The first-order valence-corrected chi connectivity index (χ1v) is 10.2. The molecule has 0 aliphatic carbocycles. The average molecular weight is 422 g/mol. The van der Waals surface area contributed by atoms with E-state index in [1.165, 1.54) is 36.4 Å². The molecule has 1 saturated heterocycles. The van der Waals surface area contributed by atoms with Crippen molar-refractivity contribution in [1.29, 1.82) is 0 Å². The second-order valence-corrected chi connectivity index (χ2v) is 7.88. The quantitative estimate of drug-likeness (QED) is 0.644. The van der Waals surface area contributed by atoms with Gasteiger partial charge in [0, 0.05) is 26.1 Å². The van der Waals surface area contributed by atoms with E-state index in [0.29, 0.717) is 19.5 Å². The van der Waals surface area contributed by atoms with Gasteiger partial charge in [-0.3, -0.25) is 0 Å². The van der Waals surface area contributed by atoms with Gasteiger partial charge in [0.05, 0.1) is 5.54 Å². The number of hydrogen-bond donors (Lipinski definition) is 1. The van der Waals surface area contributed by atoms with Crippen molar-refractivity contribution in [1.82, 2.24) is 10.2 Å². The molecule has 160 valence electrons. The Morgan fingerprint density at radius 1 is 1.00 bits per heavy atom. The summed E-state index contributed by atoms with van der Waals surface area (Å²) in [5.41, 5.74) is 1.40. The third kappa shape index (κ3) is 4.44. The van der Waals surface area contributed by atoms with E-state index in [0.717, 1.165) is 11.1 Å². The topological polar surface area (TPSA) is 41.6 Å². The number of halogens is 2. The molecule has 6 heteroatoms. The molecule has 1 heterocycles. The van der Waals surface area contributed by atoms with Crippen molar-refractivity contribution >= 4 is 6.09 Å². The van der Waals surface area contributed by atoms with Crippen LogP contribution in [0.25, 0.3) is 0 Å². The minimum atomic E-state index is -0.629. The number of nitrogens with one attached hydrogen (secondary N) is 1. The highest BCUT2D eigenvalue weighted by Gasteiger charge is 2.49. The molecule has 0 spiro atoms. The Morgan fingerprint density at radius 2 is 1.61 bits per heavy atom. The molecule has 1 fully saturated rings. The van der Waals surface area contributed by atoms with Gasteiger partial charge in [0.1, 0.15) is 17.4 Å². The average Bonchev–Trinajstić information content (AvgIpc) is 3.20. The fraction of sp³-hybridized carbons (Fsp3) is 0.240. The van der Waals surface area contributed by atoms with Gasteiger partial charge < -0.3 is 15.0 Å². The van der Waals surface area contributed by atoms with E-state index in [1.807, 2.05) is 30.3 Å². The third-order valence-corrected chi connectivity index (χ3v) is 6.01. The van der Waals surface area contributed by atoms with Gasteiger partial charge in [0.25, 0.3) is 0 Å². The van der Waals surface area contributed by atoms with Crippen LogP contribution in [0.4, 0.5) is 13.6 Å². The van der Waals surface area contributed by atoms with E-state index in [2.05, 4.69) is 5.32 Å². The van der Waals surface area contributed by atoms with E-state index in [9.17, 15) is 13.6 Å². The summed E-state index contributed by atoms with van der Waals surface area (Å²) in [5.74, 6) is -0.492. The maximum absolute atomic E-state index is 13.5. The highest BCUT2D eigenvalue weighted by molar-refractivity contribution is 5.72. The zero-order valence-electron chi connectivity index (χ0n) is 17.2. The van der Waals surface area contributed by atoms with Gasteiger partial charge in [-0.15, -0.1) is 0 Å². The van der Waals surface area contributed by atoms with Crippen LogP contribution in [0.1, 0.15) is 17.0 Å². The van der Waals surface area contributed by atoms with Crippen LogP contribution >= 0.6 is 0 Å². The minimum absolute atomic E-state index is 0.0703. The first-order valence-electron chi connectivity index (χ1n) is 10.2. The van der Waals surface area contributed by atoms with E-state index >= 15 is 0 Å². The lowest BCUT2D eigenvalue weighted by molar-refractivity contribution is 0.0986. The second-order valence-electron chi connectivity index (χ2n) is 7.88. The van der Waals surface area contributed by atoms with Crippen LogP contribution in [0.2, 0.25) is 0 Å². The Bertz CT molecular complexity index is 1030. The van der Waals surface area contributed by atoms with E-state index in [-0.39, 0.29) is 17.5 Å². The minimum Gasteiger partial charge on any atom is -0.410 e. The van der Waals surface area contributed by atoms with Gasteiger partial charge in [0.15, 0.2) is 0 Å². The maximum atomic E-state index is 13.5. The third-order valence-electron chi connectivity index (χ3n) is 6.01. The Hall–Kier alpha value is -3.25. The highest BCUT2D eigenvalue weighted by atomic mass is 19.1. The number of ether oxygens (including phenoxy) is 1. The Labute approximate surface area is 180 Å². The van der Waals surface area contributed by atoms with Gasteiger partial charge in [-0.2, -0.15) is 0 Å². The molecule has 0 unspecified atom stereocenters. The van der Waals surface area contributed by atoms with Crippen molar-refractivity contribution in [2.75, 3.05) is 20.1 Å². The first-order chi connectivity index (χ1) is 15.0. The maximum Gasteiger partial charge on any atom is 0.415 e. The number of likely N-dealkylation sites (N-methyl/N-ethyl adjacent to an activating group) is 1. The van der Waals surface area contributed by atoms with Crippen LogP contribution in [0.15, 0.2) is 78.9 Å². The molecule has 31 heavy (non-hydrogen) atoms. The van der Waals surface area contributed by atoms with E-state index in [4.69, 9.17) is 4.74 Å².